The Morgan fingerprint density at radius 1 is 1.21 bits per heavy atom. The molecule has 0 radical (unpaired) electrons. The Labute approximate surface area is 143 Å². The van der Waals surface area contributed by atoms with Crippen molar-refractivity contribution in [2.75, 3.05) is 6.54 Å². The SMILES string of the molecule is O=C1CC(Cc2ccccc2)CN1Cc1cc(=O)n2ccsc2n1. The van der Waals surface area contributed by atoms with Crippen molar-refractivity contribution in [3.05, 3.63) is 69.6 Å². The fraction of sp³-hybridized carbons (Fsp3) is 0.278. The molecule has 2 aromatic heterocycles. The first kappa shape index (κ1) is 15.1. The molecule has 24 heavy (non-hydrogen) atoms. The van der Waals surface area contributed by atoms with Gasteiger partial charge in [-0.25, -0.2) is 4.98 Å². The summed E-state index contributed by atoms with van der Waals surface area (Å²) in [4.78, 5) is 31.3. The molecule has 0 spiro atoms. The van der Waals surface area contributed by atoms with Gasteiger partial charge in [0.2, 0.25) is 5.91 Å². The number of aromatic nitrogens is 2. The van der Waals surface area contributed by atoms with E-state index in [0.29, 0.717) is 29.5 Å². The molecule has 5 nitrogen and oxygen atoms in total. The van der Waals surface area contributed by atoms with Gasteiger partial charge in [0, 0.05) is 30.6 Å². The van der Waals surface area contributed by atoms with Crippen molar-refractivity contribution in [1.29, 1.82) is 0 Å². The first-order chi connectivity index (χ1) is 11.7. The second-order valence-corrected chi connectivity index (χ2v) is 7.05. The molecule has 0 N–H and O–H groups in total. The van der Waals surface area contributed by atoms with Crippen molar-refractivity contribution in [3.8, 4) is 0 Å². The van der Waals surface area contributed by atoms with E-state index in [1.54, 1.807) is 6.20 Å². The molecule has 1 amide bonds. The summed E-state index contributed by atoms with van der Waals surface area (Å²) in [6.45, 7) is 1.13. The number of hydrogen-bond acceptors (Lipinski definition) is 4. The lowest BCUT2D eigenvalue weighted by Crippen LogP contribution is -2.26. The average molecular weight is 339 g/mol. The van der Waals surface area contributed by atoms with Crippen LogP contribution in [-0.4, -0.2) is 26.7 Å². The van der Waals surface area contributed by atoms with E-state index in [1.165, 1.54) is 27.4 Å². The van der Waals surface area contributed by atoms with E-state index in [-0.39, 0.29) is 11.5 Å². The maximum absolute atomic E-state index is 12.3. The number of likely N-dealkylation sites (tertiary alicyclic amines) is 1. The van der Waals surface area contributed by atoms with Gasteiger partial charge < -0.3 is 4.90 Å². The van der Waals surface area contributed by atoms with E-state index in [9.17, 15) is 9.59 Å². The van der Waals surface area contributed by atoms with Gasteiger partial charge in [-0.2, -0.15) is 0 Å². The number of nitrogens with zero attached hydrogens (tertiary/aromatic N) is 3. The summed E-state index contributed by atoms with van der Waals surface area (Å²) in [5.74, 6) is 0.468. The topological polar surface area (TPSA) is 54.7 Å². The number of rotatable bonds is 4. The van der Waals surface area contributed by atoms with E-state index in [0.717, 1.165) is 13.0 Å². The maximum Gasteiger partial charge on any atom is 0.258 e. The molecular formula is C18H17N3O2S. The number of thiazole rings is 1. The smallest absolute Gasteiger partial charge is 0.258 e. The summed E-state index contributed by atoms with van der Waals surface area (Å²) in [5, 5.41) is 1.84. The third-order valence-corrected chi connectivity index (χ3v) is 5.13. The molecule has 3 heterocycles. The standard InChI is InChI=1S/C18H17N3O2S/c22-16-9-14(8-13-4-2-1-3-5-13)11-20(16)12-15-10-17(23)21-6-7-24-18(21)19-15/h1-7,10,14H,8-9,11-12H2. The Hall–Kier alpha value is -2.47. The third kappa shape index (κ3) is 2.97. The van der Waals surface area contributed by atoms with E-state index < -0.39 is 0 Å². The Balaban J connectivity index is 1.48. The highest BCUT2D eigenvalue weighted by Crippen LogP contribution is 2.23. The summed E-state index contributed by atoms with van der Waals surface area (Å²) in [6, 6.07) is 11.8. The van der Waals surface area contributed by atoms with Gasteiger partial charge in [0.15, 0.2) is 4.96 Å². The van der Waals surface area contributed by atoms with E-state index in [4.69, 9.17) is 0 Å². The fourth-order valence-corrected chi connectivity index (χ4v) is 3.99. The number of hydrogen-bond donors (Lipinski definition) is 0. The second-order valence-electron chi connectivity index (χ2n) is 6.18. The molecule has 1 saturated heterocycles. The summed E-state index contributed by atoms with van der Waals surface area (Å²) < 4.78 is 1.53. The number of carbonyl (C=O) groups excluding carboxylic acids is 1. The van der Waals surface area contributed by atoms with Crippen LogP contribution in [0.5, 0.6) is 0 Å². The van der Waals surface area contributed by atoms with Crippen LogP contribution in [0.1, 0.15) is 17.7 Å². The fourth-order valence-electron chi connectivity index (χ4n) is 3.26. The Kier molecular flexibility index (Phi) is 3.90. The largest absolute Gasteiger partial charge is 0.336 e. The molecule has 3 aromatic rings. The van der Waals surface area contributed by atoms with Crippen molar-refractivity contribution >= 4 is 22.2 Å². The summed E-state index contributed by atoms with van der Waals surface area (Å²) in [5.41, 5.74) is 1.83. The van der Waals surface area contributed by atoms with Gasteiger partial charge in [0.1, 0.15) is 0 Å². The molecule has 1 atom stereocenters. The molecule has 1 aliphatic rings. The molecule has 0 saturated carbocycles. The van der Waals surface area contributed by atoms with Crippen molar-refractivity contribution in [3.63, 3.8) is 0 Å². The number of fused-ring (bicyclic) bond motifs is 1. The van der Waals surface area contributed by atoms with Crippen LogP contribution in [0, 0.1) is 5.92 Å². The van der Waals surface area contributed by atoms with Gasteiger partial charge in [0.25, 0.3) is 5.56 Å². The number of amides is 1. The lowest BCUT2D eigenvalue weighted by molar-refractivity contribution is -0.128. The van der Waals surface area contributed by atoms with Crippen molar-refractivity contribution in [2.45, 2.75) is 19.4 Å². The van der Waals surface area contributed by atoms with Gasteiger partial charge >= 0.3 is 0 Å². The normalized spacial score (nSPS) is 17.8. The van der Waals surface area contributed by atoms with Crippen molar-refractivity contribution in [1.82, 2.24) is 14.3 Å². The molecular weight excluding hydrogens is 322 g/mol. The van der Waals surface area contributed by atoms with Crippen LogP contribution >= 0.6 is 11.3 Å². The van der Waals surface area contributed by atoms with Gasteiger partial charge in [-0.1, -0.05) is 30.3 Å². The summed E-state index contributed by atoms with van der Waals surface area (Å²) >= 11 is 1.43. The van der Waals surface area contributed by atoms with E-state index in [2.05, 4.69) is 17.1 Å². The van der Waals surface area contributed by atoms with Crippen LogP contribution < -0.4 is 5.56 Å². The predicted molar refractivity (Wildman–Crippen MR) is 93.0 cm³/mol. The minimum Gasteiger partial charge on any atom is -0.336 e. The highest BCUT2D eigenvalue weighted by atomic mass is 32.1. The van der Waals surface area contributed by atoms with Crippen LogP contribution in [-0.2, 0) is 17.8 Å². The molecule has 0 aliphatic carbocycles. The zero-order valence-electron chi connectivity index (χ0n) is 13.1. The summed E-state index contributed by atoms with van der Waals surface area (Å²) in [6.07, 6.45) is 3.19. The van der Waals surface area contributed by atoms with E-state index >= 15 is 0 Å². The molecule has 1 unspecified atom stereocenters. The van der Waals surface area contributed by atoms with Crippen LogP contribution in [0.4, 0.5) is 0 Å². The first-order valence-corrected chi connectivity index (χ1v) is 8.84. The Bertz CT molecular complexity index is 932. The summed E-state index contributed by atoms with van der Waals surface area (Å²) in [7, 11) is 0. The van der Waals surface area contributed by atoms with Gasteiger partial charge in [-0.05, 0) is 17.9 Å². The number of benzene rings is 1. The highest BCUT2D eigenvalue weighted by molar-refractivity contribution is 7.15. The monoisotopic (exact) mass is 339 g/mol. The average Bonchev–Trinajstić information content (AvgIpc) is 3.16. The van der Waals surface area contributed by atoms with Crippen LogP contribution in [0.2, 0.25) is 0 Å². The minimum absolute atomic E-state index is 0.0938. The Morgan fingerprint density at radius 3 is 2.88 bits per heavy atom. The quantitative estimate of drug-likeness (QED) is 0.733. The molecule has 6 heteroatoms. The zero-order valence-corrected chi connectivity index (χ0v) is 13.9. The van der Waals surface area contributed by atoms with Gasteiger partial charge in [-0.15, -0.1) is 11.3 Å². The number of carbonyl (C=O) groups is 1. The van der Waals surface area contributed by atoms with Crippen molar-refractivity contribution in [2.24, 2.45) is 5.92 Å². The minimum atomic E-state index is -0.0938. The lowest BCUT2D eigenvalue weighted by Gasteiger charge is -2.16. The third-order valence-electron chi connectivity index (χ3n) is 4.37. The lowest BCUT2D eigenvalue weighted by atomic mass is 9.99. The van der Waals surface area contributed by atoms with Gasteiger partial charge in [-0.3, -0.25) is 14.0 Å². The van der Waals surface area contributed by atoms with Crippen LogP contribution in [0.15, 0.2) is 52.8 Å². The molecule has 1 aliphatic heterocycles. The molecule has 1 fully saturated rings. The molecule has 4 rings (SSSR count). The van der Waals surface area contributed by atoms with E-state index in [1.807, 2.05) is 28.5 Å². The van der Waals surface area contributed by atoms with Crippen LogP contribution in [0.25, 0.3) is 4.96 Å². The van der Waals surface area contributed by atoms with Crippen LogP contribution in [0.3, 0.4) is 0 Å². The highest BCUT2D eigenvalue weighted by Gasteiger charge is 2.29. The first-order valence-electron chi connectivity index (χ1n) is 7.96. The maximum atomic E-state index is 12.3. The molecule has 1 aromatic carbocycles. The molecule has 0 bridgehead atoms. The van der Waals surface area contributed by atoms with Gasteiger partial charge in [0.05, 0.1) is 12.2 Å². The zero-order chi connectivity index (χ0) is 16.5. The predicted octanol–water partition coefficient (Wildman–Crippen LogP) is 2.35. The Morgan fingerprint density at radius 2 is 2.04 bits per heavy atom. The second kappa shape index (κ2) is 6.20. The molecule has 122 valence electrons. The van der Waals surface area contributed by atoms with Crippen molar-refractivity contribution < 1.29 is 4.79 Å².